The Kier molecular flexibility index (Phi) is 6.53. The number of nitrogens with zero attached hydrogens (tertiary/aromatic N) is 4. The zero-order valence-electron chi connectivity index (χ0n) is 15.8. The van der Waals surface area contributed by atoms with Crippen LogP contribution in [-0.2, 0) is 13.2 Å². The van der Waals surface area contributed by atoms with Crippen molar-refractivity contribution in [1.82, 2.24) is 25.1 Å². The Bertz CT molecular complexity index is 1150. The molecular weight excluding hydrogens is 480 g/mol. The van der Waals surface area contributed by atoms with Crippen molar-refractivity contribution >= 4 is 52.2 Å². The summed E-state index contributed by atoms with van der Waals surface area (Å²) in [5.41, 5.74) is -0.935. The molecule has 0 aliphatic carbocycles. The topological polar surface area (TPSA) is 102 Å². The van der Waals surface area contributed by atoms with Gasteiger partial charge < -0.3 is 10.6 Å². The van der Waals surface area contributed by atoms with Crippen LogP contribution < -0.4 is 10.6 Å². The van der Waals surface area contributed by atoms with Crippen LogP contribution in [0.15, 0.2) is 24.7 Å². The maximum atomic E-state index is 13.0. The van der Waals surface area contributed by atoms with Gasteiger partial charge >= 0.3 is 6.18 Å². The number of thiazole rings is 1. The number of carbonyl (C=O) groups excluding carboxylic acids is 2. The Morgan fingerprint density at radius 3 is 2.48 bits per heavy atom. The summed E-state index contributed by atoms with van der Waals surface area (Å²) in [5.74, 6) is -1.50. The fraction of sp³-hybridized carbons (Fsp3) is 0.235. The number of alkyl halides is 3. The third-order valence-electron chi connectivity index (χ3n) is 3.98. The van der Waals surface area contributed by atoms with Crippen LogP contribution in [0.25, 0.3) is 0 Å². The Labute approximate surface area is 187 Å². The Morgan fingerprint density at radius 1 is 1.16 bits per heavy atom. The molecule has 0 radical (unpaired) electrons. The lowest BCUT2D eigenvalue weighted by Gasteiger charge is -2.11. The van der Waals surface area contributed by atoms with E-state index in [0.717, 1.165) is 17.5 Å². The predicted octanol–water partition coefficient (Wildman–Crippen LogP) is 4.34. The lowest BCUT2D eigenvalue weighted by atomic mass is 10.2. The van der Waals surface area contributed by atoms with E-state index in [-0.39, 0.29) is 21.4 Å². The molecule has 0 spiro atoms. The molecule has 1 atom stereocenters. The molecule has 3 heterocycles. The molecule has 0 unspecified atom stereocenters. The Hall–Kier alpha value is -2.70. The SMILES string of the molecule is C[C@@H](NC(=O)c1cnn(C)c1Cl)c1ncc(C(=O)Nc2cc(C(F)(F)F)c(Cl)cn2)s1. The summed E-state index contributed by atoms with van der Waals surface area (Å²) in [6.45, 7) is 1.65. The van der Waals surface area contributed by atoms with Crippen LogP contribution in [0.2, 0.25) is 10.2 Å². The number of hydrogen-bond acceptors (Lipinski definition) is 6. The van der Waals surface area contributed by atoms with Crippen molar-refractivity contribution in [3.05, 3.63) is 55.8 Å². The average Bonchev–Trinajstić information content (AvgIpc) is 3.30. The van der Waals surface area contributed by atoms with Gasteiger partial charge in [0.15, 0.2) is 0 Å². The molecule has 3 aromatic rings. The Morgan fingerprint density at radius 2 is 1.87 bits per heavy atom. The highest BCUT2D eigenvalue weighted by molar-refractivity contribution is 7.13. The molecular formula is C17H13Cl2F3N6O2S. The maximum Gasteiger partial charge on any atom is 0.418 e. The van der Waals surface area contributed by atoms with Crippen molar-refractivity contribution < 1.29 is 22.8 Å². The third kappa shape index (κ3) is 5.14. The normalized spacial score (nSPS) is 12.5. The number of anilines is 1. The van der Waals surface area contributed by atoms with Gasteiger partial charge in [0.2, 0.25) is 0 Å². The minimum atomic E-state index is -4.69. The smallest absolute Gasteiger partial charge is 0.343 e. The van der Waals surface area contributed by atoms with Crippen molar-refractivity contribution in [1.29, 1.82) is 0 Å². The number of halogens is 5. The summed E-state index contributed by atoms with van der Waals surface area (Å²) >= 11 is 12.5. The molecule has 0 bridgehead atoms. The van der Waals surface area contributed by atoms with Gasteiger partial charge in [-0.1, -0.05) is 23.2 Å². The monoisotopic (exact) mass is 492 g/mol. The van der Waals surface area contributed by atoms with Gasteiger partial charge in [0.05, 0.1) is 34.6 Å². The minimum absolute atomic E-state index is 0.112. The molecule has 3 aromatic heterocycles. The van der Waals surface area contributed by atoms with Gasteiger partial charge in [-0.25, -0.2) is 9.97 Å². The van der Waals surface area contributed by atoms with E-state index in [9.17, 15) is 22.8 Å². The zero-order chi connectivity index (χ0) is 22.9. The van der Waals surface area contributed by atoms with Crippen molar-refractivity contribution in [3.63, 3.8) is 0 Å². The van der Waals surface area contributed by atoms with Crippen LogP contribution in [0.1, 0.15) is 43.6 Å². The molecule has 0 saturated heterocycles. The van der Waals surface area contributed by atoms with Gasteiger partial charge in [0, 0.05) is 13.2 Å². The first-order chi connectivity index (χ1) is 14.5. The molecule has 3 rings (SSSR count). The fourth-order valence-electron chi connectivity index (χ4n) is 2.41. The lowest BCUT2D eigenvalue weighted by molar-refractivity contribution is -0.137. The Balaban J connectivity index is 1.69. The van der Waals surface area contributed by atoms with Gasteiger partial charge in [-0.05, 0) is 13.0 Å². The summed E-state index contributed by atoms with van der Waals surface area (Å²) < 4.78 is 40.2. The molecule has 0 fully saturated rings. The second-order valence-electron chi connectivity index (χ2n) is 6.23. The van der Waals surface area contributed by atoms with Gasteiger partial charge in [0.1, 0.15) is 20.9 Å². The van der Waals surface area contributed by atoms with E-state index < -0.39 is 34.6 Å². The zero-order valence-corrected chi connectivity index (χ0v) is 18.1. The van der Waals surface area contributed by atoms with Crippen LogP contribution in [0.4, 0.5) is 19.0 Å². The number of rotatable bonds is 5. The summed E-state index contributed by atoms with van der Waals surface area (Å²) in [7, 11) is 1.58. The first-order valence-corrected chi connectivity index (χ1v) is 10.0. The van der Waals surface area contributed by atoms with Gasteiger partial charge in [-0.3, -0.25) is 14.3 Å². The van der Waals surface area contributed by atoms with Crippen LogP contribution >= 0.6 is 34.5 Å². The van der Waals surface area contributed by atoms with Crippen LogP contribution in [0.5, 0.6) is 0 Å². The molecule has 31 heavy (non-hydrogen) atoms. The molecule has 2 N–H and O–H groups in total. The van der Waals surface area contributed by atoms with Gasteiger partial charge in [0.25, 0.3) is 11.8 Å². The van der Waals surface area contributed by atoms with Crippen molar-refractivity contribution in [2.75, 3.05) is 5.32 Å². The van der Waals surface area contributed by atoms with E-state index in [4.69, 9.17) is 23.2 Å². The highest BCUT2D eigenvalue weighted by Crippen LogP contribution is 2.35. The van der Waals surface area contributed by atoms with Crippen LogP contribution in [0.3, 0.4) is 0 Å². The number of carbonyl (C=O) groups is 2. The van der Waals surface area contributed by atoms with Gasteiger partial charge in [-0.2, -0.15) is 18.3 Å². The van der Waals surface area contributed by atoms with Crippen molar-refractivity contribution in [2.24, 2.45) is 7.05 Å². The largest absolute Gasteiger partial charge is 0.418 e. The summed E-state index contributed by atoms with van der Waals surface area (Å²) in [4.78, 5) is 32.6. The number of pyridine rings is 1. The molecule has 14 heteroatoms. The van der Waals surface area contributed by atoms with E-state index >= 15 is 0 Å². The highest BCUT2D eigenvalue weighted by Gasteiger charge is 2.34. The molecule has 0 saturated carbocycles. The van der Waals surface area contributed by atoms with E-state index in [1.54, 1.807) is 14.0 Å². The van der Waals surface area contributed by atoms with Crippen LogP contribution in [-0.4, -0.2) is 31.6 Å². The van der Waals surface area contributed by atoms with Crippen molar-refractivity contribution in [2.45, 2.75) is 19.1 Å². The molecule has 2 amide bonds. The summed E-state index contributed by atoms with van der Waals surface area (Å²) in [6, 6.07) is 0.0728. The van der Waals surface area contributed by atoms with E-state index in [1.807, 2.05) is 0 Å². The average molecular weight is 493 g/mol. The predicted molar refractivity (Wildman–Crippen MR) is 108 cm³/mol. The van der Waals surface area contributed by atoms with E-state index in [0.29, 0.717) is 11.1 Å². The quantitative estimate of drug-likeness (QED) is 0.551. The van der Waals surface area contributed by atoms with E-state index in [2.05, 4.69) is 25.7 Å². The van der Waals surface area contributed by atoms with Crippen LogP contribution in [0, 0.1) is 0 Å². The number of aryl methyl sites for hydroxylation is 1. The van der Waals surface area contributed by atoms with Gasteiger partial charge in [-0.15, -0.1) is 11.3 Å². The molecule has 164 valence electrons. The number of nitrogens with one attached hydrogen (secondary N) is 2. The lowest BCUT2D eigenvalue weighted by Crippen LogP contribution is -2.26. The number of hydrogen-bond donors (Lipinski definition) is 2. The first kappa shape index (κ1) is 23.0. The number of aromatic nitrogens is 4. The standard InChI is InChI=1S/C17H13Cl2F3N6O2S/c1-7(26-14(29)8-4-25-28(2)13(8)19)16-24-6-11(31-16)15(30)27-12-3-9(17(20,21)22)10(18)5-23-12/h3-7H,1-2H3,(H,26,29)(H,23,27,30)/t7-/m1/s1. The fourth-order valence-corrected chi connectivity index (χ4v) is 3.61. The third-order valence-corrected chi connectivity index (χ3v) is 5.91. The highest BCUT2D eigenvalue weighted by atomic mass is 35.5. The summed E-state index contributed by atoms with van der Waals surface area (Å²) in [6.07, 6.45) is -1.32. The maximum absolute atomic E-state index is 13.0. The number of amides is 2. The molecule has 0 aliphatic heterocycles. The first-order valence-electron chi connectivity index (χ1n) is 8.45. The molecule has 0 aliphatic rings. The molecule has 8 nitrogen and oxygen atoms in total. The summed E-state index contributed by atoms with van der Waals surface area (Å²) in [5, 5.41) is 8.83. The van der Waals surface area contributed by atoms with Crippen molar-refractivity contribution in [3.8, 4) is 0 Å². The molecule has 0 aromatic carbocycles. The minimum Gasteiger partial charge on any atom is -0.343 e. The second-order valence-corrected chi connectivity index (χ2v) is 8.06. The second kappa shape index (κ2) is 8.81. The van der Waals surface area contributed by atoms with E-state index in [1.165, 1.54) is 17.1 Å².